The largest absolute Gasteiger partial charge is 2.00 e. The first kappa shape index (κ1) is 25.9. The first-order chi connectivity index (χ1) is 9.72. The molecule has 4 rings (SSSR count). The minimum Gasteiger partial charge on any atom is -1.00 e. The van der Waals surface area contributed by atoms with Crippen molar-refractivity contribution in [2.24, 2.45) is 0 Å². The molecule has 120 valence electrons. The fourth-order valence-corrected chi connectivity index (χ4v) is 2.61. The zero-order chi connectivity index (χ0) is 13.9. The summed E-state index contributed by atoms with van der Waals surface area (Å²) in [5.41, 5.74) is 2.70. The van der Waals surface area contributed by atoms with E-state index in [1.165, 1.54) is 32.7 Å². The molecule has 0 heterocycles. The molecule has 0 fully saturated rings. The quantitative estimate of drug-likeness (QED) is 0.269. The van der Waals surface area contributed by atoms with Gasteiger partial charge in [-0.25, -0.2) is 0 Å². The van der Waals surface area contributed by atoms with Gasteiger partial charge in [-0.1, -0.05) is 26.0 Å². The van der Waals surface area contributed by atoms with E-state index >= 15 is 0 Å². The maximum Gasteiger partial charge on any atom is 2.00 e. The summed E-state index contributed by atoms with van der Waals surface area (Å²) in [4.78, 5) is 0. The Hall–Kier alpha value is -0.331. The fourth-order valence-electron chi connectivity index (χ4n) is 2.61. The van der Waals surface area contributed by atoms with E-state index in [1.54, 1.807) is 0 Å². The molecule has 4 aromatic rings. The summed E-state index contributed by atoms with van der Waals surface area (Å²) in [6.07, 6.45) is 0. The Balaban J connectivity index is 0. The van der Waals surface area contributed by atoms with Crippen LogP contribution in [0.15, 0.2) is 72.8 Å². The summed E-state index contributed by atoms with van der Waals surface area (Å²) in [5.74, 6) is 0. The molecule has 0 saturated heterocycles. The van der Waals surface area contributed by atoms with E-state index in [0.717, 1.165) is 0 Å². The average molecular weight is 425 g/mol. The number of rotatable bonds is 0. The normalized spacial score (nSPS) is 8.75. The Morgan fingerprint density at radius 2 is 0.917 bits per heavy atom. The molecule has 0 saturated carbocycles. The predicted octanol–water partition coefficient (Wildman–Crippen LogP) is -0.263. The van der Waals surface area contributed by atoms with Gasteiger partial charge >= 0.3 is 43.4 Å². The van der Waals surface area contributed by atoms with Crippen LogP contribution < -0.4 is 24.8 Å². The molecular weight excluding hydrogens is 407 g/mol. The molecule has 0 unspecified atom stereocenters. The summed E-state index contributed by atoms with van der Waals surface area (Å²) in [7, 11) is 0. The second-order valence-electron chi connectivity index (χ2n) is 5.32. The van der Waals surface area contributed by atoms with Crippen LogP contribution in [0.2, 0.25) is 0 Å². The summed E-state index contributed by atoms with van der Waals surface area (Å²) in [5, 5.41) is 5.39. The molecule has 0 bridgehead atoms. The topological polar surface area (TPSA) is 0 Å². The van der Waals surface area contributed by atoms with Crippen molar-refractivity contribution in [1.29, 1.82) is 0 Å². The maximum atomic E-state index is 2.20. The molecule has 0 spiro atoms. The third kappa shape index (κ3) is 6.52. The minimum absolute atomic E-state index is 0. The van der Waals surface area contributed by atoms with Gasteiger partial charge in [0.25, 0.3) is 0 Å². The van der Waals surface area contributed by atoms with Crippen LogP contribution in [0, 0.1) is 13.8 Å². The number of benzene rings is 2. The van der Waals surface area contributed by atoms with E-state index in [1.807, 2.05) is 0 Å². The van der Waals surface area contributed by atoms with Crippen LogP contribution in [0.5, 0.6) is 0 Å². The fraction of sp³-hybridized carbons (Fsp3) is 0.100. The van der Waals surface area contributed by atoms with Crippen LogP contribution in [-0.2, 0) is 43.4 Å². The number of hydrogen-bond donors (Lipinski definition) is 0. The second-order valence-corrected chi connectivity index (χ2v) is 5.32. The van der Waals surface area contributed by atoms with Crippen molar-refractivity contribution in [3.8, 4) is 0 Å². The second kappa shape index (κ2) is 12.1. The van der Waals surface area contributed by atoms with Crippen LogP contribution in [0.1, 0.15) is 11.1 Å². The Kier molecular flexibility index (Phi) is 13.1. The molecule has 0 aromatic heterocycles. The van der Waals surface area contributed by atoms with Crippen molar-refractivity contribution in [1.82, 2.24) is 0 Å². The van der Waals surface area contributed by atoms with Gasteiger partial charge in [-0.15, -0.1) is 81.2 Å². The van der Waals surface area contributed by atoms with E-state index in [9.17, 15) is 0 Å². The summed E-state index contributed by atoms with van der Waals surface area (Å²) in [6.45, 7) is 4.25. The van der Waals surface area contributed by atoms with Crippen molar-refractivity contribution < 1.29 is 68.2 Å². The number of aryl methyl sites for hydroxylation is 2. The van der Waals surface area contributed by atoms with Gasteiger partial charge in [-0.05, 0) is 0 Å². The van der Waals surface area contributed by atoms with Crippen molar-refractivity contribution in [2.75, 3.05) is 0 Å². The van der Waals surface area contributed by atoms with Gasteiger partial charge in [0, 0.05) is 0 Å². The van der Waals surface area contributed by atoms with E-state index < -0.39 is 0 Å². The third-order valence-corrected chi connectivity index (χ3v) is 3.52. The molecule has 0 atom stereocenters. The van der Waals surface area contributed by atoms with Gasteiger partial charge in [-0.3, -0.25) is 0 Å². The number of fused-ring (bicyclic) bond motifs is 2. The van der Waals surface area contributed by atoms with Gasteiger partial charge < -0.3 is 24.8 Å². The van der Waals surface area contributed by atoms with Crippen molar-refractivity contribution >= 4 is 21.5 Å². The van der Waals surface area contributed by atoms with Gasteiger partial charge in [0.2, 0.25) is 0 Å². The van der Waals surface area contributed by atoms with Gasteiger partial charge in [0.1, 0.15) is 0 Å². The summed E-state index contributed by atoms with van der Waals surface area (Å²) in [6, 6.07) is 25.7. The molecule has 0 radical (unpaired) electrons. The van der Waals surface area contributed by atoms with Crippen molar-refractivity contribution in [2.45, 2.75) is 13.8 Å². The molecule has 0 amide bonds. The van der Waals surface area contributed by atoms with E-state index in [0.29, 0.717) is 0 Å². The molecule has 0 aliphatic carbocycles. The molecule has 4 heteroatoms. The zero-order valence-corrected chi connectivity index (χ0v) is 18.3. The van der Waals surface area contributed by atoms with Gasteiger partial charge in [0.15, 0.2) is 0 Å². The van der Waals surface area contributed by atoms with Crippen LogP contribution in [-0.4, -0.2) is 0 Å². The first-order valence-corrected chi connectivity index (χ1v) is 6.96. The van der Waals surface area contributed by atoms with Crippen LogP contribution >= 0.6 is 0 Å². The number of halogens is 2. The zero-order valence-electron chi connectivity index (χ0n) is 13.7. The SMILES string of the molecule is Cc1cc2ccccc2[cH-]1.Cc1cc2ccccc2[cH-]1.[Cl-].[Cl-].[Ti+2].[Ti+2]. The third-order valence-electron chi connectivity index (χ3n) is 3.52. The summed E-state index contributed by atoms with van der Waals surface area (Å²) >= 11 is 0. The summed E-state index contributed by atoms with van der Waals surface area (Å²) < 4.78 is 0. The van der Waals surface area contributed by atoms with Crippen LogP contribution in [0.3, 0.4) is 0 Å². The molecular formula is C20H18Cl2Ti2. The average Bonchev–Trinajstić information content (AvgIpc) is 2.99. The first-order valence-electron chi connectivity index (χ1n) is 6.96. The monoisotopic (exact) mass is 424 g/mol. The van der Waals surface area contributed by atoms with E-state index in [2.05, 4.69) is 86.6 Å². The van der Waals surface area contributed by atoms with Crippen molar-refractivity contribution in [3.63, 3.8) is 0 Å². The standard InChI is InChI=1S/2C10H9.2ClH.2Ti/c2*1-8-6-9-4-2-3-5-10(9)7-8;;;;/h2*2-7H,1H3;2*1H;;/q2*-1;;;2*+2/p-2. The Morgan fingerprint density at radius 3 is 1.25 bits per heavy atom. The molecule has 0 aliphatic heterocycles. The molecule has 4 aromatic carbocycles. The Morgan fingerprint density at radius 1 is 0.583 bits per heavy atom. The number of hydrogen-bond acceptors (Lipinski definition) is 0. The molecule has 24 heavy (non-hydrogen) atoms. The van der Waals surface area contributed by atoms with Crippen LogP contribution in [0.4, 0.5) is 0 Å². The van der Waals surface area contributed by atoms with E-state index in [-0.39, 0.29) is 68.2 Å². The molecule has 0 aliphatic rings. The Bertz CT molecular complexity index is 709. The minimum atomic E-state index is 0. The predicted molar refractivity (Wildman–Crippen MR) is 88.6 cm³/mol. The van der Waals surface area contributed by atoms with Gasteiger partial charge in [0.05, 0.1) is 0 Å². The smallest absolute Gasteiger partial charge is 1.00 e. The molecule has 0 nitrogen and oxygen atoms in total. The van der Waals surface area contributed by atoms with Crippen LogP contribution in [0.25, 0.3) is 21.5 Å². The van der Waals surface area contributed by atoms with E-state index in [4.69, 9.17) is 0 Å². The molecule has 0 N–H and O–H groups in total. The maximum absolute atomic E-state index is 2.20. The van der Waals surface area contributed by atoms with Gasteiger partial charge in [-0.2, -0.15) is 12.1 Å². The Labute approximate surface area is 186 Å². The van der Waals surface area contributed by atoms with Crippen molar-refractivity contribution in [3.05, 3.63) is 83.9 Å².